The molecule has 0 bridgehead atoms. The van der Waals surface area contributed by atoms with Gasteiger partial charge in [0.1, 0.15) is 5.82 Å². The number of carbonyl (C=O) groups is 1. The van der Waals surface area contributed by atoms with Crippen molar-refractivity contribution in [3.63, 3.8) is 0 Å². The standard InChI is InChI=1S/C19H26N4OS/c1-13-8-7-11-16(14(13)2)20-17(24)12-25-19-22-21-18(23(19)3)15-9-5-4-6-10-15/h7-8,11,15H,4-6,9-10,12H2,1-3H3,(H,20,24). The predicted octanol–water partition coefficient (Wildman–Crippen LogP) is 4.21. The number of aryl methyl sites for hydroxylation is 1. The smallest absolute Gasteiger partial charge is 0.234 e. The van der Waals surface area contributed by atoms with E-state index in [-0.39, 0.29) is 5.91 Å². The van der Waals surface area contributed by atoms with Crippen LogP contribution in [-0.2, 0) is 11.8 Å². The summed E-state index contributed by atoms with van der Waals surface area (Å²) in [6.45, 7) is 4.07. The monoisotopic (exact) mass is 358 g/mol. The number of aromatic nitrogens is 3. The zero-order valence-corrected chi connectivity index (χ0v) is 16.0. The highest BCUT2D eigenvalue weighted by atomic mass is 32.2. The Hall–Kier alpha value is -1.82. The Morgan fingerprint density at radius 2 is 2.00 bits per heavy atom. The van der Waals surface area contributed by atoms with E-state index in [1.165, 1.54) is 49.4 Å². The summed E-state index contributed by atoms with van der Waals surface area (Å²) in [4.78, 5) is 12.3. The molecule has 1 aromatic heterocycles. The van der Waals surface area contributed by atoms with Crippen LogP contribution in [0.15, 0.2) is 23.4 Å². The predicted molar refractivity (Wildman–Crippen MR) is 102 cm³/mol. The molecule has 6 heteroatoms. The summed E-state index contributed by atoms with van der Waals surface area (Å²) in [6.07, 6.45) is 6.28. The van der Waals surface area contributed by atoms with Crippen LogP contribution in [-0.4, -0.2) is 26.4 Å². The van der Waals surface area contributed by atoms with E-state index in [0.29, 0.717) is 11.7 Å². The molecule has 0 radical (unpaired) electrons. The molecule has 0 spiro atoms. The minimum absolute atomic E-state index is 0.0130. The molecule has 1 aromatic carbocycles. The van der Waals surface area contributed by atoms with Gasteiger partial charge < -0.3 is 9.88 Å². The van der Waals surface area contributed by atoms with Crippen LogP contribution < -0.4 is 5.32 Å². The van der Waals surface area contributed by atoms with Crippen LogP contribution in [0.2, 0.25) is 0 Å². The van der Waals surface area contributed by atoms with Gasteiger partial charge in [0, 0.05) is 18.7 Å². The van der Waals surface area contributed by atoms with Crippen molar-refractivity contribution in [3.8, 4) is 0 Å². The van der Waals surface area contributed by atoms with E-state index >= 15 is 0 Å². The fraction of sp³-hybridized carbons (Fsp3) is 0.526. The van der Waals surface area contributed by atoms with Gasteiger partial charge in [0.15, 0.2) is 5.16 Å². The Bertz CT molecular complexity index is 750. The van der Waals surface area contributed by atoms with Gasteiger partial charge in [-0.05, 0) is 43.9 Å². The van der Waals surface area contributed by atoms with Gasteiger partial charge in [0.05, 0.1) is 5.75 Å². The summed E-state index contributed by atoms with van der Waals surface area (Å²) in [7, 11) is 2.01. The zero-order chi connectivity index (χ0) is 17.8. The number of benzene rings is 1. The molecular weight excluding hydrogens is 332 g/mol. The molecule has 3 rings (SSSR count). The molecule has 1 amide bonds. The maximum atomic E-state index is 12.3. The molecule has 0 aliphatic heterocycles. The Labute approximate surface area is 153 Å². The quantitative estimate of drug-likeness (QED) is 0.813. The van der Waals surface area contributed by atoms with E-state index in [1.54, 1.807) is 0 Å². The van der Waals surface area contributed by atoms with Gasteiger partial charge in [-0.1, -0.05) is 43.2 Å². The number of nitrogens with zero attached hydrogens (tertiary/aromatic N) is 3. The van der Waals surface area contributed by atoms with E-state index in [2.05, 4.69) is 20.1 Å². The maximum Gasteiger partial charge on any atom is 0.234 e. The average molecular weight is 359 g/mol. The molecule has 0 atom stereocenters. The van der Waals surface area contributed by atoms with Crippen molar-refractivity contribution in [2.24, 2.45) is 7.05 Å². The van der Waals surface area contributed by atoms with Crippen LogP contribution in [0.25, 0.3) is 0 Å². The largest absolute Gasteiger partial charge is 0.325 e. The number of hydrogen-bond donors (Lipinski definition) is 1. The summed E-state index contributed by atoms with van der Waals surface area (Å²) >= 11 is 1.45. The third kappa shape index (κ3) is 4.24. The molecule has 1 fully saturated rings. The number of rotatable bonds is 5. The molecule has 25 heavy (non-hydrogen) atoms. The van der Waals surface area contributed by atoms with Gasteiger partial charge in [0.2, 0.25) is 5.91 Å². The van der Waals surface area contributed by atoms with Crippen LogP contribution in [0.5, 0.6) is 0 Å². The van der Waals surface area contributed by atoms with E-state index in [4.69, 9.17) is 0 Å². The van der Waals surface area contributed by atoms with Gasteiger partial charge in [-0.3, -0.25) is 4.79 Å². The molecule has 1 saturated carbocycles. The van der Waals surface area contributed by atoms with Crippen LogP contribution in [0.1, 0.15) is 55.0 Å². The molecule has 1 aliphatic rings. The highest BCUT2D eigenvalue weighted by Crippen LogP contribution is 2.32. The lowest BCUT2D eigenvalue weighted by atomic mass is 9.89. The number of amides is 1. The average Bonchev–Trinajstić information content (AvgIpc) is 2.99. The first kappa shape index (κ1) is 18.0. The summed E-state index contributed by atoms with van der Waals surface area (Å²) in [5.41, 5.74) is 3.17. The molecule has 134 valence electrons. The molecule has 5 nitrogen and oxygen atoms in total. The van der Waals surface area contributed by atoms with Crippen LogP contribution >= 0.6 is 11.8 Å². The van der Waals surface area contributed by atoms with Gasteiger partial charge >= 0.3 is 0 Å². The summed E-state index contributed by atoms with van der Waals surface area (Å²) in [6, 6.07) is 5.95. The lowest BCUT2D eigenvalue weighted by Gasteiger charge is -2.20. The first-order valence-electron chi connectivity index (χ1n) is 8.94. The summed E-state index contributed by atoms with van der Waals surface area (Å²) < 4.78 is 2.06. The molecule has 1 aliphatic carbocycles. The fourth-order valence-corrected chi connectivity index (χ4v) is 4.09. The van der Waals surface area contributed by atoms with Crippen LogP contribution in [0.3, 0.4) is 0 Å². The highest BCUT2D eigenvalue weighted by molar-refractivity contribution is 7.99. The Kier molecular flexibility index (Phi) is 5.78. The van der Waals surface area contributed by atoms with Gasteiger partial charge in [-0.15, -0.1) is 10.2 Å². The molecule has 1 N–H and O–H groups in total. The number of anilines is 1. The van der Waals surface area contributed by atoms with Crippen LogP contribution in [0, 0.1) is 13.8 Å². The molecule has 0 saturated heterocycles. The number of hydrogen-bond acceptors (Lipinski definition) is 4. The Balaban J connectivity index is 1.59. The van der Waals surface area contributed by atoms with E-state index < -0.39 is 0 Å². The van der Waals surface area contributed by atoms with Crippen molar-refractivity contribution in [2.45, 2.75) is 57.0 Å². The van der Waals surface area contributed by atoms with Crippen molar-refractivity contribution in [2.75, 3.05) is 11.1 Å². The van der Waals surface area contributed by atoms with Gasteiger partial charge in [-0.25, -0.2) is 0 Å². The minimum Gasteiger partial charge on any atom is -0.325 e. The third-order valence-electron chi connectivity index (χ3n) is 5.05. The Morgan fingerprint density at radius 1 is 1.24 bits per heavy atom. The summed E-state index contributed by atoms with van der Waals surface area (Å²) in [5, 5.41) is 12.5. The van der Waals surface area contributed by atoms with Crippen LogP contribution in [0.4, 0.5) is 5.69 Å². The van der Waals surface area contributed by atoms with Crippen molar-refractivity contribution in [1.82, 2.24) is 14.8 Å². The molecule has 2 aromatic rings. The second-order valence-electron chi connectivity index (χ2n) is 6.82. The van der Waals surface area contributed by atoms with Crippen molar-refractivity contribution in [3.05, 3.63) is 35.2 Å². The van der Waals surface area contributed by atoms with E-state index in [0.717, 1.165) is 22.2 Å². The van der Waals surface area contributed by atoms with Crippen molar-refractivity contribution in [1.29, 1.82) is 0 Å². The fourth-order valence-electron chi connectivity index (χ4n) is 3.37. The number of thioether (sulfide) groups is 1. The first-order valence-corrected chi connectivity index (χ1v) is 9.93. The van der Waals surface area contributed by atoms with Crippen molar-refractivity contribution < 1.29 is 4.79 Å². The van der Waals surface area contributed by atoms with Gasteiger partial charge in [0.25, 0.3) is 0 Å². The second kappa shape index (κ2) is 8.04. The highest BCUT2D eigenvalue weighted by Gasteiger charge is 2.22. The minimum atomic E-state index is -0.0130. The maximum absolute atomic E-state index is 12.3. The lowest BCUT2D eigenvalue weighted by molar-refractivity contribution is -0.113. The molecule has 0 unspecified atom stereocenters. The normalized spacial score (nSPS) is 15.3. The zero-order valence-electron chi connectivity index (χ0n) is 15.2. The number of carbonyl (C=O) groups excluding carboxylic acids is 1. The van der Waals surface area contributed by atoms with E-state index in [9.17, 15) is 4.79 Å². The topological polar surface area (TPSA) is 59.8 Å². The Morgan fingerprint density at radius 3 is 2.76 bits per heavy atom. The van der Waals surface area contributed by atoms with Crippen molar-refractivity contribution >= 4 is 23.4 Å². The number of nitrogens with one attached hydrogen (secondary N) is 1. The lowest BCUT2D eigenvalue weighted by Crippen LogP contribution is -2.15. The third-order valence-corrected chi connectivity index (χ3v) is 6.07. The van der Waals surface area contributed by atoms with Gasteiger partial charge in [-0.2, -0.15) is 0 Å². The van der Waals surface area contributed by atoms with E-state index in [1.807, 2.05) is 39.1 Å². The summed E-state index contributed by atoms with van der Waals surface area (Å²) in [5.74, 6) is 1.91. The first-order chi connectivity index (χ1) is 12.1. The SMILES string of the molecule is Cc1cccc(NC(=O)CSc2nnc(C3CCCCC3)n2C)c1C. The molecule has 1 heterocycles. The second-order valence-corrected chi connectivity index (χ2v) is 7.76. The molecular formula is C19H26N4OS.